The molecule has 0 spiro atoms. The number of benzene rings is 1. The summed E-state index contributed by atoms with van der Waals surface area (Å²) in [4.78, 5) is 4.04. The highest BCUT2D eigenvalue weighted by molar-refractivity contribution is 5.61. The van der Waals surface area contributed by atoms with Gasteiger partial charge >= 0.3 is 0 Å². The molecule has 0 atom stereocenters. The zero-order chi connectivity index (χ0) is 12.9. The van der Waals surface area contributed by atoms with Gasteiger partial charge < -0.3 is 17.0 Å². The van der Waals surface area contributed by atoms with Crippen LogP contribution in [0, 0.1) is 0 Å². The minimum absolute atomic E-state index is 0. The van der Waals surface area contributed by atoms with E-state index in [1.807, 2.05) is 30.6 Å². The van der Waals surface area contributed by atoms with Crippen molar-refractivity contribution in [1.29, 1.82) is 0 Å². The van der Waals surface area contributed by atoms with E-state index in [9.17, 15) is 0 Å². The molecule has 0 aliphatic rings. The maximum absolute atomic E-state index is 4.04. The third-order valence-corrected chi connectivity index (χ3v) is 3.11. The minimum Gasteiger partial charge on any atom is -1.00 e. The van der Waals surface area contributed by atoms with Gasteiger partial charge in [-0.15, -0.1) is 0 Å². The molecule has 3 rings (SSSR count). The average Bonchev–Trinajstić information content (AvgIpc) is 2.50. The average molecular weight is 327 g/mol. The van der Waals surface area contributed by atoms with Crippen molar-refractivity contribution in [3.05, 3.63) is 84.9 Å². The molecule has 3 heteroatoms. The molecule has 100 valence electrons. The van der Waals surface area contributed by atoms with Crippen LogP contribution in [-0.2, 0) is 6.54 Å². The lowest BCUT2D eigenvalue weighted by Crippen LogP contribution is -3.00. The van der Waals surface area contributed by atoms with Gasteiger partial charge in [-0.05, 0) is 23.3 Å². The molecule has 2 nitrogen and oxygen atoms in total. The minimum atomic E-state index is 0. The molecule has 0 fully saturated rings. The second kappa shape index (κ2) is 6.96. The molecule has 0 amide bonds. The fourth-order valence-electron chi connectivity index (χ4n) is 2.09. The predicted octanol–water partition coefficient (Wildman–Crippen LogP) is 0.0884. The molecule has 0 saturated carbocycles. The number of halogens is 1. The van der Waals surface area contributed by atoms with Crippen molar-refractivity contribution in [3.8, 4) is 11.1 Å². The van der Waals surface area contributed by atoms with Gasteiger partial charge in [0.05, 0.1) is 0 Å². The van der Waals surface area contributed by atoms with Crippen LogP contribution in [0.1, 0.15) is 5.56 Å². The Balaban J connectivity index is 0.00000147. The summed E-state index contributed by atoms with van der Waals surface area (Å²) in [5, 5.41) is 0. The monoisotopic (exact) mass is 326 g/mol. The number of rotatable bonds is 3. The first-order chi connectivity index (χ1) is 9.42. The summed E-state index contributed by atoms with van der Waals surface area (Å²) in [6.07, 6.45) is 7.87. The predicted molar refractivity (Wildman–Crippen MR) is 75.4 cm³/mol. The van der Waals surface area contributed by atoms with Crippen molar-refractivity contribution in [1.82, 2.24) is 4.98 Å². The van der Waals surface area contributed by atoms with Crippen LogP contribution < -0.4 is 21.5 Å². The molecule has 2 heterocycles. The maximum atomic E-state index is 4.04. The summed E-state index contributed by atoms with van der Waals surface area (Å²) in [5.41, 5.74) is 3.72. The quantitative estimate of drug-likeness (QED) is 0.623. The van der Waals surface area contributed by atoms with Crippen molar-refractivity contribution in [2.24, 2.45) is 0 Å². The smallest absolute Gasteiger partial charge is 0.173 e. The van der Waals surface area contributed by atoms with Crippen molar-refractivity contribution in [2.75, 3.05) is 0 Å². The van der Waals surface area contributed by atoms with Crippen molar-refractivity contribution < 1.29 is 21.5 Å². The molecule has 0 bridgehead atoms. The highest BCUT2D eigenvalue weighted by atomic mass is 79.9. The van der Waals surface area contributed by atoms with E-state index in [1.54, 1.807) is 0 Å². The SMILES string of the molecule is [Br-].c1ccc(C[n+]2ccc(-c3ccncc3)cc2)cc1. The van der Waals surface area contributed by atoms with Gasteiger partial charge in [-0.25, -0.2) is 4.57 Å². The van der Waals surface area contributed by atoms with Gasteiger partial charge in [0.1, 0.15) is 0 Å². The van der Waals surface area contributed by atoms with E-state index in [0.29, 0.717) is 0 Å². The van der Waals surface area contributed by atoms with Gasteiger partial charge in [-0.1, -0.05) is 30.3 Å². The van der Waals surface area contributed by atoms with Crippen molar-refractivity contribution in [3.63, 3.8) is 0 Å². The highest BCUT2D eigenvalue weighted by Crippen LogP contribution is 2.15. The normalized spacial score (nSPS) is 9.80. The van der Waals surface area contributed by atoms with Crippen LogP contribution in [0.15, 0.2) is 79.4 Å². The molecule has 0 aliphatic carbocycles. The molecular formula is C17H15BrN2. The molecule has 1 aromatic carbocycles. The molecular weight excluding hydrogens is 312 g/mol. The van der Waals surface area contributed by atoms with Crippen LogP contribution in [0.2, 0.25) is 0 Å². The Morgan fingerprint density at radius 1 is 0.750 bits per heavy atom. The molecule has 0 saturated heterocycles. The van der Waals surface area contributed by atoms with Crippen LogP contribution in [0.5, 0.6) is 0 Å². The van der Waals surface area contributed by atoms with Gasteiger partial charge in [0.25, 0.3) is 0 Å². The second-order valence-corrected chi connectivity index (χ2v) is 4.48. The van der Waals surface area contributed by atoms with E-state index in [1.165, 1.54) is 16.7 Å². The Bertz CT molecular complexity index is 637. The van der Waals surface area contributed by atoms with Gasteiger partial charge in [0.15, 0.2) is 18.9 Å². The first-order valence-electron chi connectivity index (χ1n) is 6.35. The molecule has 3 aromatic rings. The zero-order valence-corrected chi connectivity index (χ0v) is 12.6. The number of pyridine rings is 2. The summed E-state index contributed by atoms with van der Waals surface area (Å²) in [7, 11) is 0. The van der Waals surface area contributed by atoms with Crippen LogP contribution in [0.4, 0.5) is 0 Å². The van der Waals surface area contributed by atoms with Crippen molar-refractivity contribution >= 4 is 0 Å². The fourth-order valence-corrected chi connectivity index (χ4v) is 2.09. The third-order valence-electron chi connectivity index (χ3n) is 3.11. The summed E-state index contributed by atoms with van der Waals surface area (Å²) >= 11 is 0. The number of hydrogen-bond acceptors (Lipinski definition) is 1. The van der Waals surface area contributed by atoms with E-state index in [0.717, 1.165) is 6.54 Å². The summed E-state index contributed by atoms with van der Waals surface area (Å²) in [6, 6.07) is 18.8. The summed E-state index contributed by atoms with van der Waals surface area (Å²) in [5.74, 6) is 0. The van der Waals surface area contributed by atoms with Crippen LogP contribution in [-0.4, -0.2) is 4.98 Å². The lowest BCUT2D eigenvalue weighted by atomic mass is 10.1. The van der Waals surface area contributed by atoms with Crippen LogP contribution in [0.3, 0.4) is 0 Å². The Labute approximate surface area is 129 Å². The Morgan fingerprint density at radius 3 is 2.00 bits per heavy atom. The first-order valence-corrected chi connectivity index (χ1v) is 6.35. The largest absolute Gasteiger partial charge is 1.00 e. The van der Waals surface area contributed by atoms with E-state index in [4.69, 9.17) is 0 Å². The Kier molecular flexibility index (Phi) is 5.02. The standard InChI is InChI=1S/C17H15N2.BrH/c1-2-4-15(5-3-1)14-19-12-8-17(9-13-19)16-6-10-18-11-7-16;/h1-13H,14H2;1H/q+1;/p-1. The van der Waals surface area contributed by atoms with E-state index < -0.39 is 0 Å². The molecule has 2 aromatic heterocycles. The zero-order valence-electron chi connectivity index (χ0n) is 11.0. The molecule has 0 radical (unpaired) electrons. The van der Waals surface area contributed by atoms with Crippen LogP contribution >= 0.6 is 0 Å². The van der Waals surface area contributed by atoms with Gasteiger partial charge in [-0.3, -0.25) is 4.98 Å². The van der Waals surface area contributed by atoms with Crippen molar-refractivity contribution in [2.45, 2.75) is 6.54 Å². The van der Waals surface area contributed by atoms with E-state index in [2.05, 4.69) is 58.3 Å². The lowest BCUT2D eigenvalue weighted by Gasteiger charge is -2.01. The molecule has 0 aliphatic heterocycles. The van der Waals surface area contributed by atoms with Gasteiger partial charge in [-0.2, -0.15) is 0 Å². The third kappa shape index (κ3) is 3.52. The fraction of sp³-hybridized carbons (Fsp3) is 0.0588. The van der Waals surface area contributed by atoms with Crippen LogP contribution in [0.25, 0.3) is 11.1 Å². The number of hydrogen-bond donors (Lipinski definition) is 0. The molecule has 20 heavy (non-hydrogen) atoms. The van der Waals surface area contributed by atoms with Gasteiger partial charge in [0.2, 0.25) is 0 Å². The second-order valence-electron chi connectivity index (χ2n) is 4.48. The molecule has 0 unspecified atom stereocenters. The maximum Gasteiger partial charge on any atom is 0.173 e. The number of nitrogens with zero attached hydrogens (tertiary/aromatic N) is 2. The lowest BCUT2D eigenvalue weighted by molar-refractivity contribution is -0.688. The van der Waals surface area contributed by atoms with Gasteiger partial charge in [0, 0.05) is 30.1 Å². The highest BCUT2D eigenvalue weighted by Gasteiger charge is 2.03. The van der Waals surface area contributed by atoms with E-state index in [-0.39, 0.29) is 17.0 Å². The summed E-state index contributed by atoms with van der Waals surface area (Å²) < 4.78 is 2.18. The molecule has 0 N–H and O–H groups in total. The first kappa shape index (κ1) is 14.4. The topological polar surface area (TPSA) is 16.8 Å². The van der Waals surface area contributed by atoms with E-state index >= 15 is 0 Å². The number of aromatic nitrogens is 2. The Morgan fingerprint density at radius 2 is 1.35 bits per heavy atom. The Hall–Kier alpha value is -2.00. The summed E-state index contributed by atoms with van der Waals surface area (Å²) in [6.45, 7) is 0.900.